The predicted octanol–water partition coefficient (Wildman–Crippen LogP) is 8.21. The Hall–Kier alpha value is 0. The second-order valence-electron chi connectivity index (χ2n) is 10.8. The maximum Gasteiger partial charge on any atom is -0.0353 e. The molecule has 0 spiro atoms. The summed E-state index contributed by atoms with van der Waals surface area (Å²) < 4.78 is 0. The highest BCUT2D eigenvalue weighted by Gasteiger charge is 2.36. The van der Waals surface area contributed by atoms with E-state index in [2.05, 4.69) is 48.5 Å². The van der Waals surface area contributed by atoms with E-state index in [0.29, 0.717) is 0 Å². The van der Waals surface area contributed by atoms with Crippen LogP contribution in [0.3, 0.4) is 0 Å². The van der Waals surface area contributed by atoms with E-state index in [1.165, 1.54) is 57.8 Å². The van der Waals surface area contributed by atoms with Gasteiger partial charge in [0.05, 0.1) is 0 Å². The molecule has 0 N–H and O–H groups in total. The zero-order chi connectivity index (χ0) is 18.6. The highest BCUT2D eigenvalue weighted by Crippen LogP contribution is 2.46. The first-order valence-corrected chi connectivity index (χ1v) is 11.8. The Kier molecular flexibility index (Phi) is 8.35. The van der Waals surface area contributed by atoms with Crippen LogP contribution in [0.5, 0.6) is 0 Å². The van der Waals surface area contributed by atoms with Crippen molar-refractivity contribution in [2.45, 2.75) is 106 Å². The lowest BCUT2D eigenvalue weighted by molar-refractivity contribution is 0.0707. The summed E-state index contributed by atoms with van der Waals surface area (Å²) in [5.74, 6) is 8.70. The van der Waals surface area contributed by atoms with E-state index >= 15 is 0 Å². The number of rotatable bonds is 7. The van der Waals surface area contributed by atoms with Crippen LogP contribution >= 0.6 is 0 Å². The average Bonchev–Trinajstić information content (AvgIpc) is 2.55. The van der Waals surface area contributed by atoms with Crippen molar-refractivity contribution in [2.24, 2.45) is 53.3 Å². The normalized spacial score (nSPS) is 38.3. The van der Waals surface area contributed by atoms with E-state index in [4.69, 9.17) is 0 Å². The molecular formula is C25H48. The van der Waals surface area contributed by atoms with Crippen LogP contribution in [0, 0.1) is 53.3 Å². The van der Waals surface area contributed by atoms with E-state index in [-0.39, 0.29) is 0 Å². The van der Waals surface area contributed by atoms with E-state index < -0.39 is 0 Å². The smallest absolute Gasteiger partial charge is 0.0353 e. The van der Waals surface area contributed by atoms with E-state index in [0.717, 1.165) is 53.3 Å². The summed E-state index contributed by atoms with van der Waals surface area (Å²) in [5, 5.41) is 0. The highest BCUT2D eigenvalue weighted by atomic mass is 14.4. The Bertz CT molecular complexity index is 368. The van der Waals surface area contributed by atoms with Gasteiger partial charge >= 0.3 is 0 Å². The molecule has 0 aromatic carbocycles. The molecule has 0 aromatic rings. The second-order valence-corrected chi connectivity index (χ2v) is 10.8. The predicted molar refractivity (Wildman–Crippen MR) is 113 cm³/mol. The van der Waals surface area contributed by atoms with Gasteiger partial charge in [-0.1, -0.05) is 67.7 Å². The van der Waals surface area contributed by atoms with Gasteiger partial charge in [-0.2, -0.15) is 0 Å². The summed E-state index contributed by atoms with van der Waals surface area (Å²) in [5.41, 5.74) is 0. The summed E-state index contributed by atoms with van der Waals surface area (Å²) in [6.07, 6.45) is 13.4. The minimum absolute atomic E-state index is 0.879. The van der Waals surface area contributed by atoms with Crippen LogP contribution < -0.4 is 0 Å². The SMILES string of the molecule is CCC(CCC1CC(C)CCC1C(C)C)C1CC(C)CCC1C(C)C. The van der Waals surface area contributed by atoms with Gasteiger partial charge in [-0.05, 0) is 91.8 Å². The Morgan fingerprint density at radius 3 is 1.84 bits per heavy atom. The molecule has 7 atom stereocenters. The molecular weight excluding hydrogens is 300 g/mol. The van der Waals surface area contributed by atoms with Gasteiger partial charge in [-0.3, -0.25) is 0 Å². The molecule has 2 rings (SSSR count). The van der Waals surface area contributed by atoms with Gasteiger partial charge in [-0.15, -0.1) is 0 Å². The summed E-state index contributed by atoms with van der Waals surface area (Å²) in [6, 6.07) is 0. The molecule has 2 saturated carbocycles. The fourth-order valence-electron chi connectivity index (χ4n) is 6.70. The first kappa shape index (κ1) is 21.3. The molecule has 25 heavy (non-hydrogen) atoms. The van der Waals surface area contributed by atoms with Gasteiger partial charge in [0.15, 0.2) is 0 Å². The molecule has 0 heterocycles. The van der Waals surface area contributed by atoms with Crippen LogP contribution in [0.4, 0.5) is 0 Å². The van der Waals surface area contributed by atoms with Gasteiger partial charge in [0.2, 0.25) is 0 Å². The third-order valence-electron chi connectivity index (χ3n) is 8.27. The van der Waals surface area contributed by atoms with E-state index in [1.807, 2.05) is 0 Å². The maximum atomic E-state index is 2.51. The van der Waals surface area contributed by atoms with E-state index in [1.54, 1.807) is 0 Å². The van der Waals surface area contributed by atoms with Crippen molar-refractivity contribution in [1.82, 2.24) is 0 Å². The van der Waals surface area contributed by atoms with Crippen LogP contribution in [-0.4, -0.2) is 0 Å². The number of hydrogen-bond acceptors (Lipinski definition) is 0. The average molecular weight is 349 g/mol. The van der Waals surface area contributed by atoms with Crippen LogP contribution in [0.15, 0.2) is 0 Å². The van der Waals surface area contributed by atoms with Crippen molar-refractivity contribution in [3.63, 3.8) is 0 Å². The largest absolute Gasteiger partial charge is 0.0651 e. The van der Waals surface area contributed by atoms with Crippen LogP contribution in [0.25, 0.3) is 0 Å². The molecule has 0 aromatic heterocycles. The lowest BCUT2D eigenvalue weighted by atomic mass is 9.62. The molecule has 0 bridgehead atoms. The van der Waals surface area contributed by atoms with Gasteiger partial charge in [0.25, 0.3) is 0 Å². The molecule has 0 nitrogen and oxygen atoms in total. The molecule has 2 fully saturated rings. The fraction of sp³-hybridized carbons (Fsp3) is 1.00. The molecule has 0 amide bonds. The second kappa shape index (κ2) is 9.80. The zero-order valence-electron chi connectivity index (χ0n) is 18.6. The minimum atomic E-state index is 0.879. The first-order valence-electron chi connectivity index (χ1n) is 11.8. The summed E-state index contributed by atoms with van der Waals surface area (Å²) >= 11 is 0. The van der Waals surface area contributed by atoms with Gasteiger partial charge < -0.3 is 0 Å². The third-order valence-corrected chi connectivity index (χ3v) is 8.27. The topological polar surface area (TPSA) is 0 Å². The molecule has 7 unspecified atom stereocenters. The van der Waals surface area contributed by atoms with Crippen molar-refractivity contribution in [3.8, 4) is 0 Å². The molecule has 0 saturated heterocycles. The molecule has 0 radical (unpaired) electrons. The van der Waals surface area contributed by atoms with E-state index in [9.17, 15) is 0 Å². The summed E-state index contributed by atoms with van der Waals surface area (Å²) in [7, 11) is 0. The molecule has 148 valence electrons. The Labute approximate surface area is 159 Å². The van der Waals surface area contributed by atoms with Crippen LogP contribution in [0.1, 0.15) is 106 Å². The third kappa shape index (κ3) is 5.74. The molecule has 0 heteroatoms. The van der Waals surface area contributed by atoms with Crippen molar-refractivity contribution < 1.29 is 0 Å². The Balaban J connectivity index is 1.99. The molecule has 2 aliphatic rings. The van der Waals surface area contributed by atoms with Crippen molar-refractivity contribution in [1.29, 1.82) is 0 Å². The van der Waals surface area contributed by atoms with Crippen molar-refractivity contribution in [2.75, 3.05) is 0 Å². The number of hydrogen-bond donors (Lipinski definition) is 0. The monoisotopic (exact) mass is 348 g/mol. The Morgan fingerprint density at radius 2 is 1.28 bits per heavy atom. The van der Waals surface area contributed by atoms with Crippen molar-refractivity contribution in [3.05, 3.63) is 0 Å². The van der Waals surface area contributed by atoms with Gasteiger partial charge in [0.1, 0.15) is 0 Å². The van der Waals surface area contributed by atoms with Crippen LogP contribution in [-0.2, 0) is 0 Å². The highest BCUT2D eigenvalue weighted by molar-refractivity contribution is 4.86. The minimum Gasteiger partial charge on any atom is -0.0651 e. The molecule has 0 aliphatic heterocycles. The first-order chi connectivity index (χ1) is 11.8. The van der Waals surface area contributed by atoms with Gasteiger partial charge in [-0.25, -0.2) is 0 Å². The molecule has 2 aliphatic carbocycles. The standard InChI is InChI=1S/C25H48/c1-8-21(25-16-20(7)10-14-24(25)18(4)5)11-12-22-15-19(6)9-13-23(22)17(2)3/h17-25H,8-16H2,1-7H3. The lowest BCUT2D eigenvalue weighted by Gasteiger charge is -2.43. The maximum absolute atomic E-state index is 2.51. The Morgan fingerprint density at radius 1 is 0.720 bits per heavy atom. The van der Waals surface area contributed by atoms with Gasteiger partial charge in [0, 0.05) is 0 Å². The van der Waals surface area contributed by atoms with Crippen molar-refractivity contribution >= 4 is 0 Å². The van der Waals surface area contributed by atoms with Crippen LogP contribution in [0.2, 0.25) is 0 Å². The fourth-order valence-corrected chi connectivity index (χ4v) is 6.70. The lowest BCUT2D eigenvalue weighted by Crippen LogP contribution is -2.34. The summed E-state index contributed by atoms with van der Waals surface area (Å²) in [6.45, 7) is 17.4. The quantitative estimate of drug-likeness (QED) is 0.435. The zero-order valence-corrected chi connectivity index (χ0v) is 18.6. The summed E-state index contributed by atoms with van der Waals surface area (Å²) in [4.78, 5) is 0.